The molecule has 2 aromatic carbocycles. The van der Waals surface area contributed by atoms with Crippen molar-refractivity contribution in [2.75, 3.05) is 4.90 Å². The van der Waals surface area contributed by atoms with Crippen LogP contribution in [0.25, 0.3) is 0 Å². The lowest BCUT2D eigenvalue weighted by molar-refractivity contribution is 0.0981. The Morgan fingerprint density at radius 3 is 2.85 bits per heavy atom. The van der Waals surface area contributed by atoms with Crippen molar-refractivity contribution >= 4 is 23.2 Å². The lowest BCUT2D eigenvalue weighted by atomic mass is 10.1. The number of halogens is 1. The number of hydrogen-bond donors (Lipinski definition) is 1. The van der Waals surface area contributed by atoms with Crippen LogP contribution in [0.1, 0.15) is 22.8 Å². The van der Waals surface area contributed by atoms with Gasteiger partial charge in [-0.05, 0) is 43.2 Å². The summed E-state index contributed by atoms with van der Waals surface area (Å²) in [6.07, 6.45) is 0.832. The molecule has 1 heterocycles. The van der Waals surface area contributed by atoms with Gasteiger partial charge in [-0.3, -0.25) is 4.79 Å². The third-order valence-corrected chi connectivity index (χ3v) is 3.94. The Labute approximate surface area is 122 Å². The van der Waals surface area contributed by atoms with Crippen molar-refractivity contribution < 1.29 is 9.90 Å². The number of phenolic OH excluding ortho intramolecular Hbond substituents is 1. The summed E-state index contributed by atoms with van der Waals surface area (Å²) in [4.78, 5) is 14.5. The minimum absolute atomic E-state index is 0.0397. The minimum Gasteiger partial charge on any atom is -0.508 e. The molecule has 0 saturated heterocycles. The molecule has 1 amide bonds. The van der Waals surface area contributed by atoms with Gasteiger partial charge < -0.3 is 10.0 Å². The summed E-state index contributed by atoms with van der Waals surface area (Å²) in [5.74, 6) is -0.138. The van der Waals surface area contributed by atoms with Gasteiger partial charge in [0.25, 0.3) is 5.91 Å². The summed E-state index contributed by atoms with van der Waals surface area (Å²) in [5, 5.41) is 9.91. The molecule has 1 unspecified atom stereocenters. The van der Waals surface area contributed by atoms with Gasteiger partial charge in [-0.2, -0.15) is 0 Å². The molecule has 0 fully saturated rings. The third kappa shape index (κ3) is 2.04. The Morgan fingerprint density at radius 2 is 2.05 bits per heavy atom. The standard InChI is InChI=1S/C16H14ClNO2/c1-10-8-11-4-2-3-5-15(11)18(10)16(20)13-9-12(19)6-7-14(13)17/h2-7,9-10,19H,8H2,1H3. The fraction of sp³-hybridized carbons (Fsp3) is 0.188. The van der Waals surface area contributed by atoms with Gasteiger partial charge in [-0.15, -0.1) is 0 Å². The van der Waals surface area contributed by atoms with Crippen molar-refractivity contribution in [1.82, 2.24) is 0 Å². The molecular weight excluding hydrogens is 274 g/mol. The molecule has 102 valence electrons. The molecule has 1 N–H and O–H groups in total. The summed E-state index contributed by atoms with van der Waals surface area (Å²) < 4.78 is 0. The molecule has 0 bridgehead atoms. The second-order valence-corrected chi connectivity index (χ2v) is 5.43. The molecule has 3 rings (SSSR count). The minimum atomic E-state index is -0.177. The average molecular weight is 288 g/mol. The smallest absolute Gasteiger partial charge is 0.260 e. The monoisotopic (exact) mass is 287 g/mol. The molecule has 3 nitrogen and oxygen atoms in total. The van der Waals surface area contributed by atoms with E-state index in [1.54, 1.807) is 4.90 Å². The highest BCUT2D eigenvalue weighted by molar-refractivity contribution is 6.34. The maximum atomic E-state index is 12.7. The van der Waals surface area contributed by atoms with Crippen LogP contribution in [-0.2, 0) is 6.42 Å². The maximum absolute atomic E-state index is 12.7. The van der Waals surface area contributed by atoms with E-state index < -0.39 is 0 Å². The molecule has 0 aliphatic carbocycles. The molecule has 2 aromatic rings. The van der Waals surface area contributed by atoms with Gasteiger partial charge in [-0.25, -0.2) is 0 Å². The van der Waals surface area contributed by atoms with E-state index in [2.05, 4.69) is 0 Å². The Balaban J connectivity index is 2.05. The van der Waals surface area contributed by atoms with E-state index in [1.165, 1.54) is 18.2 Å². The van der Waals surface area contributed by atoms with Crippen LogP contribution in [0, 0.1) is 0 Å². The van der Waals surface area contributed by atoms with Gasteiger partial charge in [0.2, 0.25) is 0 Å². The van der Waals surface area contributed by atoms with Crippen LogP contribution in [0.5, 0.6) is 5.75 Å². The number of anilines is 1. The molecule has 0 aromatic heterocycles. The zero-order valence-electron chi connectivity index (χ0n) is 11.0. The SMILES string of the molecule is CC1Cc2ccccc2N1C(=O)c1cc(O)ccc1Cl. The number of carbonyl (C=O) groups is 1. The summed E-state index contributed by atoms with van der Waals surface area (Å²) in [6, 6.07) is 12.4. The number of fused-ring (bicyclic) bond motifs is 1. The first-order valence-electron chi connectivity index (χ1n) is 6.48. The van der Waals surface area contributed by atoms with Crippen molar-refractivity contribution in [3.63, 3.8) is 0 Å². The normalized spacial score (nSPS) is 17.1. The number of rotatable bonds is 1. The van der Waals surface area contributed by atoms with Crippen LogP contribution in [0.15, 0.2) is 42.5 Å². The topological polar surface area (TPSA) is 40.5 Å². The van der Waals surface area contributed by atoms with Crippen LogP contribution in [0.2, 0.25) is 5.02 Å². The first-order chi connectivity index (χ1) is 9.58. The van der Waals surface area contributed by atoms with E-state index >= 15 is 0 Å². The number of phenols is 1. The second-order valence-electron chi connectivity index (χ2n) is 5.02. The number of para-hydroxylation sites is 1. The largest absolute Gasteiger partial charge is 0.508 e. The Bertz CT molecular complexity index is 684. The van der Waals surface area contributed by atoms with E-state index in [1.807, 2.05) is 31.2 Å². The summed E-state index contributed by atoms with van der Waals surface area (Å²) in [5.41, 5.74) is 2.41. The van der Waals surface area contributed by atoms with E-state index in [0.29, 0.717) is 10.6 Å². The van der Waals surface area contributed by atoms with Crippen molar-refractivity contribution in [3.05, 3.63) is 58.6 Å². The van der Waals surface area contributed by atoms with Crippen LogP contribution in [0.3, 0.4) is 0 Å². The maximum Gasteiger partial charge on any atom is 0.260 e. The number of benzene rings is 2. The van der Waals surface area contributed by atoms with Crippen LogP contribution in [-0.4, -0.2) is 17.1 Å². The lowest BCUT2D eigenvalue weighted by Crippen LogP contribution is -2.35. The molecule has 1 atom stereocenters. The molecule has 1 aliphatic heterocycles. The van der Waals surface area contributed by atoms with Crippen molar-refractivity contribution in [3.8, 4) is 5.75 Å². The van der Waals surface area contributed by atoms with Crippen molar-refractivity contribution in [1.29, 1.82) is 0 Å². The third-order valence-electron chi connectivity index (χ3n) is 3.61. The summed E-state index contributed by atoms with van der Waals surface area (Å²) in [6.45, 7) is 2.01. The van der Waals surface area contributed by atoms with Crippen molar-refractivity contribution in [2.45, 2.75) is 19.4 Å². The fourth-order valence-corrected chi connectivity index (χ4v) is 2.88. The van der Waals surface area contributed by atoms with Crippen LogP contribution in [0.4, 0.5) is 5.69 Å². The lowest BCUT2D eigenvalue weighted by Gasteiger charge is -2.23. The quantitative estimate of drug-likeness (QED) is 0.870. The highest BCUT2D eigenvalue weighted by atomic mass is 35.5. The van der Waals surface area contributed by atoms with Gasteiger partial charge >= 0.3 is 0 Å². The second kappa shape index (κ2) is 4.84. The molecule has 0 radical (unpaired) electrons. The number of nitrogens with zero attached hydrogens (tertiary/aromatic N) is 1. The molecule has 1 aliphatic rings. The first kappa shape index (κ1) is 13.0. The van der Waals surface area contributed by atoms with Gasteiger partial charge in [0.15, 0.2) is 0 Å². The highest BCUT2D eigenvalue weighted by Gasteiger charge is 2.32. The Hall–Kier alpha value is -2.00. The zero-order valence-corrected chi connectivity index (χ0v) is 11.8. The Kier molecular flexibility index (Phi) is 3.14. The summed E-state index contributed by atoms with van der Waals surface area (Å²) >= 11 is 6.09. The van der Waals surface area contributed by atoms with Crippen LogP contribution >= 0.6 is 11.6 Å². The predicted molar refractivity (Wildman–Crippen MR) is 79.5 cm³/mol. The highest BCUT2D eigenvalue weighted by Crippen LogP contribution is 2.34. The first-order valence-corrected chi connectivity index (χ1v) is 6.85. The van der Waals surface area contributed by atoms with E-state index in [4.69, 9.17) is 11.6 Å². The molecule has 0 spiro atoms. The zero-order chi connectivity index (χ0) is 14.3. The molecule has 20 heavy (non-hydrogen) atoms. The van der Waals surface area contributed by atoms with E-state index in [9.17, 15) is 9.90 Å². The number of amides is 1. The molecule has 0 saturated carbocycles. The van der Waals surface area contributed by atoms with E-state index in [0.717, 1.165) is 17.7 Å². The number of aromatic hydroxyl groups is 1. The molecular formula is C16H14ClNO2. The fourth-order valence-electron chi connectivity index (χ4n) is 2.68. The Morgan fingerprint density at radius 1 is 1.30 bits per heavy atom. The predicted octanol–water partition coefficient (Wildman–Crippen LogP) is 3.64. The average Bonchev–Trinajstić information content (AvgIpc) is 2.76. The molecule has 4 heteroatoms. The van der Waals surface area contributed by atoms with Gasteiger partial charge in [0.1, 0.15) is 5.75 Å². The van der Waals surface area contributed by atoms with Crippen LogP contribution < -0.4 is 4.90 Å². The van der Waals surface area contributed by atoms with Gasteiger partial charge in [-0.1, -0.05) is 29.8 Å². The summed E-state index contributed by atoms with van der Waals surface area (Å²) in [7, 11) is 0. The number of carbonyl (C=O) groups excluding carboxylic acids is 1. The van der Waals surface area contributed by atoms with E-state index in [-0.39, 0.29) is 17.7 Å². The van der Waals surface area contributed by atoms with Crippen molar-refractivity contribution in [2.24, 2.45) is 0 Å². The number of hydrogen-bond acceptors (Lipinski definition) is 2. The van der Waals surface area contributed by atoms with Gasteiger partial charge in [0, 0.05) is 11.7 Å². The van der Waals surface area contributed by atoms with Gasteiger partial charge in [0.05, 0.1) is 10.6 Å².